The highest BCUT2D eigenvalue weighted by Crippen LogP contribution is 2.46. The van der Waals surface area contributed by atoms with Crippen LogP contribution in [0.3, 0.4) is 0 Å². The van der Waals surface area contributed by atoms with Gasteiger partial charge in [0.05, 0.1) is 17.0 Å². The summed E-state index contributed by atoms with van der Waals surface area (Å²) in [4.78, 5) is 27.9. The van der Waals surface area contributed by atoms with E-state index in [9.17, 15) is 18.0 Å². The highest BCUT2D eigenvalue weighted by molar-refractivity contribution is 5.89. The number of benzene rings is 1. The summed E-state index contributed by atoms with van der Waals surface area (Å²) in [6, 6.07) is 5.82. The molecule has 3 aromatic rings. The first-order valence-electron chi connectivity index (χ1n) is 13.9. The zero-order valence-electron chi connectivity index (χ0n) is 24.3. The number of rotatable bonds is 4. The van der Waals surface area contributed by atoms with Crippen molar-refractivity contribution in [2.45, 2.75) is 78.6 Å². The molecule has 1 fully saturated rings. The minimum atomic E-state index is -4.42. The summed E-state index contributed by atoms with van der Waals surface area (Å²) in [7, 11) is 0. The number of allylic oxidation sites excluding steroid dienone is 2. The second kappa shape index (κ2) is 10.3. The molecule has 2 aromatic heterocycles. The summed E-state index contributed by atoms with van der Waals surface area (Å²) >= 11 is 0. The maximum Gasteiger partial charge on any atom is 0.416 e. The second-order valence-corrected chi connectivity index (χ2v) is 12.4. The molecule has 7 nitrogen and oxygen atoms in total. The normalized spacial score (nSPS) is 17.7. The first-order valence-corrected chi connectivity index (χ1v) is 13.9. The zero-order valence-corrected chi connectivity index (χ0v) is 24.3. The van der Waals surface area contributed by atoms with Crippen molar-refractivity contribution in [1.82, 2.24) is 19.9 Å². The molecule has 1 saturated heterocycles. The van der Waals surface area contributed by atoms with Gasteiger partial charge in [-0.05, 0) is 95.2 Å². The summed E-state index contributed by atoms with van der Waals surface area (Å²) in [6.45, 7) is 12.1. The monoisotopic (exact) mass is 567 g/mol. The van der Waals surface area contributed by atoms with Gasteiger partial charge in [0.1, 0.15) is 17.2 Å². The van der Waals surface area contributed by atoms with Crippen molar-refractivity contribution >= 4 is 28.5 Å². The Morgan fingerprint density at radius 1 is 1.15 bits per heavy atom. The van der Waals surface area contributed by atoms with Crippen molar-refractivity contribution in [3.8, 4) is 0 Å². The van der Waals surface area contributed by atoms with E-state index in [1.54, 1.807) is 17.9 Å². The number of carbonyl (C=O) groups excluding carboxylic acids is 1. The summed E-state index contributed by atoms with van der Waals surface area (Å²) < 4.78 is 46.0. The number of ether oxygens (including phenoxy) is 1. The Morgan fingerprint density at radius 3 is 2.51 bits per heavy atom. The first kappa shape index (κ1) is 28.8. The number of halogens is 3. The molecule has 1 N–H and O–H groups in total. The minimum Gasteiger partial charge on any atom is -0.444 e. The Bertz CT molecular complexity index is 1520. The third kappa shape index (κ3) is 6.01. The molecule has 5 rings (SSSR count). The molecular weight excluding hydrogens is 531 g/mol. The topological polar surface area (TPSA) is 80.2 Å². The van der Waals surface area contributed by atoms with Crippen molar-refractivity contribution in [1.29, 1.82) is 0 Å². The molecule has 41 heavy (non-hydrogen) atoms. The van der Waals surface area contributed by atoms with E-state index in [1.807, 2.05) is 40.0 Å². The fourth-order valence-corrected chi connectivity index (χ4v) is 5.83. The molecule has 0 unspecified atom stereocenters. The van der Waals surface area contributed by atoms with Gasteiger partial charge in [-0.15, -0.1) is 0 Å². The molecule has 1 aliphatic carbocycles. The van der Waals surface area contributed by atoms with Crippen molar-refractivity contribution < 1.29 is 22.7 Å². The lowest BCUT2D eigenvalue weighted by Gasteiger charge is -2.51. The number of carbonyl (C=O) groups is 1. The number of hydrogen-bond donors (Lipinski definition) is 1. The summed E-state index contributed by atoms with van der Waals surface area (Å²) in [6.07, 6.45) is 2.04. The Kier molecular flexibility index (Phi) is 7.24. The molecule has 218 valence electrons. The molecule has 1 aromatic carbocycles. The lowest BCUT2D eigenvalue weighted by molar-refractivity contribution is -0.138. The van der Waals surface area contributed by atoms with Gasteiger partial charge in [0.2, 0.25) is 0 Å². The van der Waals surface area contributed by atoms with E-state index in [4.69, 9.17) is 4.74 Å². The van der Waals surface area contributed by atoms with Crippen LogP contribution in [0, 0.1) is 19.3 Å². The van der Waals surface area contributed by atoms with Crippen molar-refractivity contribution in [2.75, 3.05) is 18.4 Å². The highest BCUT2D eigenvalue weighted by atomic mass is 19.4. The van der Waals surface area contributed by atoms with Crippen LogP contribution in [0.15, 0.2) is 36.5 Å². The molecule has 0 saturated carbocycles. The van der Waals surface area contributed by atoms with Crippen LogP contribution in [0.5, 0.6) is 0 Å². The number of alkyl halides is 3. The second-order valence-electron chi connectivity index (χ2n) is 12.4. The lowest BCUT2D eigenvalue weighted by atomic mass is 9.69. The van der Waals surface area contributed by atoms with E-state index in [2.05, 4.69) is 26.3 Å². The molecule has 0 radical (unpaired) electrons. The minimum absolute atomic E-state index is 0.0792. The van der Waals surface area contributed by atoms with Gasteiger partial charge in [-0.1, -0.05) is 18.2 Å². The van der Waals surface area contributed by atoms with E-state index in [1.165, 1.54) is 18.6 Å². The van der Waals surface area contributed by atoms with Gasteiger partial charge in [-0.25, -0.2) is 19.7 Å². The van der Waals surface area contributed by atoms with E-state index in [0.29, 0.717) is 41.3 Å². The van der Waals surface area contributed by atoms with Gasteiger partial charge in [0, 0.05) is 24.7 Å². The average Bonchev–Trinajstić information content (AvgIpc) is 2.85. The summed E-state index contributed by atoms with van der Waals surface area (Å²) in [5.41, 5.74) is 2.34. The van der Waals surface area contributed by atoms with E-state index in [-0.39, 0.29) is 17.1 Å². The molecule has 3 heterocycles. The van der Waals surface area contributed by atoms with E-state index < -0.39 is 23.4 Å². The number of aromatic nitrogens is 3. The third-order valence-electron chi connectivity index (χ3n) is 7.95. The summed E-state index contributed by atoms with van der Waals surface area (Å²) in [5, 5.41) is 4.04. The van der Waals surface area contributed by atoms with Crippen LogP contribution >= 0.6 is 0 Å². The molecular formula is C31H36F3N5O2. The van der Waals surface area contributed by atoms with Crippen LogP contribution in [0.2, 0.25) is 0 Å². The Labute approximate surface area is 238 Å². The molecule has 1 aliphatic heterocycles. The van der Waals surface area contributed by atoms with Gasteiger partial charge in [0.25, 0.3) is 0 Å². The average molecular weight is 568 g/mol. The van der Waals surface area contributed by atoms with Crippen molar-refractivity contribution in [3.63, 3.8) is 0 Å². The SMILES string of the molecule is Cc1nc(N[C@H](C)c2cccc(C(F)(F)F)c2C)c2cc(C3=CCC4(CC3)CN(C(=O)OC(C)(C)C)C4)cnc2n1. The number of aryl methyl sites for hydroxylation is 1. The van der Waals surface area contributed by atoms with Crippen LogP contribution in [0.4, 0.5) is 23.8 Å². The molecule has 1 atom stereocenters. The number of nitrogens with one attached hydrogen (secondary N) is 1. The van der Waals surface area contributed by atoms with Crippen LogP contribution in [0.1, 0.15) is 81.1 Å². The van der Waals surface area contributed by atoms with Crippen LogP contribution in [0.25, 0.3) is 16.6 Å². The van der Waals surface area contributed by atoms with Gasteiger partial charge >= 0.3 is 12.3 Å². The predicted molar refractivity (Wildman–Crippen MR) is 152 cm³/mol. The number of nitrogens with zero attached hydrogens (tertiary/aromatic N) is 4. The van der Waals surface area contributed by atoms with Crippen LogP contribution in [-0.2, 0) is 10.9 Å². The maximum atomic E-state index is 13.5. The molecule has 10 heteroatoms. The van der Waals surface area contributed by atoms with Crippen LogP contribution < -0.4 is 5.32 Å². The number of hydrogen-bond acceptors (Lipinski definition) is 6. The first-order chi connectivity index (χ1) is 19.1. The number of amides is 1. The fourth-order valence-electron chi connectivity index (χ4n) is 5.83. The Morgan fingerprint density at radius 2 is 1.88 bits per heavy atom. The Balaban J connectivity index is 1.36. The maximum absolute atomic E-state index is 13.5. The van der Waals surface area contributed by atoms with E-state index in [0.717, 1.165) is 30.9 Å². The number of fused-ring (bicyclic) bond motifs is 1. The largest absolute Gasteiger partial charge is 0.444 e. The molecule has 1 spiro atoms. The van der Waals surface area contributed by atoms with Crippen molar-refractivity contribution in [2.24, 2.45) is 5.41 Å². The van der Waals surface area contributed by atoms with E-state index >= 15 is 0 Å². The standard InChI is InChI=1S/C31H36F3N5O2/c1-18-23(8-7-9-25(18)31(32,33)34)19(2)36-27-24-14-22(15-35-26(24)37-20(3)38-27)21-10-12-30(13-11-21)16-39(17-30)28(40)41-29(4,5)6/h7-10,14-15,19H,11-13,16-17H2,1-6H3,(H,35,36,37,38)/t19-/m1/s1. The third-order valence-corrected chi connectivity index (χ3v) is 7.95. The lowest BCUT2D eigenvalue weighted by Crippen LogP contribution is -2.59. The highest BCUT2D eigenvalue weighted by Gasteiger charge is 2.46. The number of likely N-dealkylation sites (tertiary alicyclic amines) is 1. The smallest absolute Gasteiger partial charge is 0.416 e. The van der Waals surface area contributed by atoms with Crippen molar-refractivity contribution in [3.05, 3.63) is 64.6 Å². The molecule has 0 bridgehead atoms. The molecule has 2 aliphatic rings. The number of pyridine rings is 1. The van der Waals surface area contributed by atoms with Crippen LogP contribution in [-0.4, -0.2) is 44.6 Å². The zero-order chi connectivity index (χ0) is 29.7. The predicted octanol–water partition coefficient (Wildman–Crippen LogP) is 7.64. The van der Waals surface area contributed by atoms with Gasteiger partial charge in [-0.3, -0.25) is 0 Å². The van der Waals surface area contributed by atoms with Gasteiger partial charge < -0.3 is 15.0 Å². The Hall–Kier alpha value is -3.69. The van der Waals surface area contributed by atoms with Gasteiger partial charge in [0.15, 0.2) is 5.65 Å². The van der Waals surface area contributed by atoms with Gasteiger partial charge in [-0.2, -0.15) is 13.2 Å². The number of anilines is 1. The molecule has 1 amide bonds. The summed E-state index contributed by atoms with van der Waals surface area (Å²) in [5.74, 6) is 1.05. The quantitative estimate of drug-likeness (QED) is 0.349. The fraction of sp³-hybridized carbons (Fsp3) is 0.484.